The number of rotatable bonds is 4. The molecular weight excluding hydrogens is 414 g/mol. The van der Waals surface area contributed by atoms with Crippen LogP contribution >= 0.6 is 11.6 Å². The summed E-state index contributed by atoms with van der Waals surface area (Å²) < 4.78 is 0. The number of aromatic nitrogens is 1. The monoisotopic (exact) mass is 439 g/mol. The fraction of sp³-hybridized carbons (Fsp3) is 0.435. The van der Waals surface area contributed by atoms with Gasteiger partial charge in [0.15, 0.2) is 0 Å². The van der Waals surface area contributed by atoms with Crippen LogP contribution in [0.4, 0.5) is 16.3 Å². The topological polar surface area (TPSA) is 68.8 Å². The largest absolute Gasteiger partial charge is 0.353 e. The van der Waals surface area contributed by atoms with Crippen LogP contribution < -0.4 is 15.1 Å². The van der Waals surface area contributed by atoms with Gasteiger partial charge in [0, 0.05) is 50.5 Å². The average molecular weight is 440 g/mol. The van der Waals surface area contributed by atoms with Crippen molar-refractivity contribution in [2.45, 2.75) is 25.7 Å². The first-order valence-corrected chi connectivity index (χ1v) is 11.2. The number of carbonyl (C=O) groups excluding carboxylic acids is 2. The molecule has 0 spiro atoms. The number of nitrogens with zero attached hydrogens (tertiary/aromatic N) is 4. The van der Waals surface area contributed by atoms with Gasteiger partial charge in [0.2, 0.25) is 0 Å². The van der Waals surface area contributed by atoms with Crippen LogP contribution in [0.15, 0.2) is 30.5 Å². The van der Waals surface area contributed by atoms with Crippen molar-refractivity contribution in [2.75, 3.05) is 49.1 Å². The minimum atomic E-state index is -0.197. The van der Waals surface area contributed by atoms with Gasteiger partial charge >= 0.3 is 6.03 Å². The second kappa shape index (κ2) is 8.04. The third kappa shape index (κ3) is 3.94. The smallest absolute Gasteiger partial charge is 0.322 e. The quantitative estimate of drug-likeness (QED) is 0.792. The lowest BCUT2D eigenvalue weighted by Crippen LogP contribution is -2.49. The minimum Gasteiger partial charge on any atom is -0.353 e. The molecule has 2 aromatic rings. The molecule has 31 heavy (non-hydrogen) atoms. The summed E-state index contributed by atoms with van der Waals surface area (Å²) in [6.07, 6.45) is 4.55. The van der Waals surface area contributed by atoms with Gasteiger partial charge in [0.05, 0.1) is 11.3 Å². The number of benzene rings is 1. The molecule has 0 atom stereocenters. The Kier molecular flexibility index (Phi) is 5.22. The van der Waals surface area contributed by atoms with Gasteiger partial charge < -0.3 is 15.1 Å². The average Bonchev–Trinajstić information content (AvgIpc) is 3.54. The van der Waals surface area contributed by atoms with E-state index in [2.05, 4.69) is 23.2 Å². The summed E-state index contributed by atoms with van der Waals surface area (Å²) in [6.45, 7) is 5.88. The molecule has 1 aromatic heterocycles. The van der Waals surface area contributed by atoms with Crippen LogP contribution in [0.25, 0.3) is 0 Å². The molecular formula is C23H26ClN5O2. The number of urea groups is 1. The highest BCUT2D eigenvalue weighted by Gasteiger charge is 2.30. The fourth-order valence-corrected chi connectivity index (χ4v) is 4.63. The summed E-state index contributed by atoms with van der Waals surface area (Å²) in [6, 6.07) is 7.19. The summed E-state index contributed by atoms with van der Waals surface area (Å²) in [7, 11) is 0. The van der Waals surface area contributed by atoms with E-state index in [9.17, 15) is 9.59 Å². The summed E-state index contributed by atoms with van der Waals surface area (Å²) >= 11 is 6.17. The van der Waals surface area contributed by atoms with Gasteiger partial charge in [-0.25, -0.2) is 9.78 Å². The molecule has 0 unspecified atom stereocenters. The maximum absolute atomic E-state index is 13.3. The number of nitrogens with one attached hydrogen (secondary N) is 1. The predicted octanol–water partition coefficient (Wildman–Crippen LogP) is 3.41. The van der Waals surface area contributed by atoms with Gasteiger partial charge in [0.1, 0.15) is 5.82 Å². The van der Waals surface area contributed by atoms with Crippen LogP contribution in [0.2, 0.25) is 5.02 Å². The number of amides is 3. The number of halogens is 1. The first-order valence-electron chi connectivity index (χ1n) is 10.9. The van der Waals surface area contributed by atoms with E-state index in [1.54, 1.807) is 23.1 Å². The van der Waals surface area contributed by atoms with E-state index in [0.29, 0.717) is 48.4 Å². The molecule has 5 rings (SSSR count). The Labute approximate surface area is 187 Å². The van der Waals surface area contributed by atoms with Gasteiger partial charge in [-0.2, -0.15) is 0 Å². The summed E-state index contributed by atoms with van der Waals surface area (Å²) in [4.78, 5) is 35.9. The Morgan fingerprint density at radius 3 is 2.55 bits per heavy atom. The molecule has 3 amide bonds. The van der Waals surface area contributed by atoms with E-state index in [1.165, 1.54) is 24.0 Å². The normalized spacial score (nSPS) is 19.0. The van der Waals surface area contributed by atoms with Crippen molar-refractivity contribution in [2.24, 2.45) is 0 Å². The Hall–Kier alpha value is -2.80. The minimum absolute atomic E-state index is 0.0696. The first-order chi connectivity index (χ1) is 15.0. The van der Waals surface area contributed by atoms with Crippen molar-refractivity contribution in [3.05, 3.63) is 52.2 Å². The molecule has 1 aliphatic carbocycles. The van der Waals surface area contributed by atoms with Gasteiger partial charge in [0.25, 0.3) is 5.91 Å². The number of hydrogen-bond acceptors (Lipinski definition) is 4. The van der Waals surface area contributed by atoms with Crippen LogP contribution in [0.3, 0.4) is 0 Å². The van der Waals surface area contributed by atoms with Crippen molar-refractivity contribution in [3.63, 3.8) is 0 Å². The lowest BCUT2D eigenvalue weighted by atomic mass is 10.1. The van der Waals surface area contributed by atoms with Gasteiger partial charge in [-0.1, -0.05) is 17.7 Å². The Balaban J connectivity index is 1.30. The molecule has 0 radical (unpaired) electrons. The van der Waals surface area contributed by atoms with E-state index in [4.69, 9.17) is 16.6 Å². The molecule has 8 heteroatoms. The fourth-order valence-electron chi connectivity index (χ4n) is 4.46. The molecule has 2 aliphatic heterocycles. The number of aryl methyl sites for hydroxylation is 1. The standard InChI is InChI=1S/C23H26ClN5O2/c1-15-12-17(16-2-3-16)14-26-21(15)27-8-10-28(11-9-27)22(30)19-5-4-18(24)13-20(19)29-7-6-25-23(29)31/h4-5,12-14,16H,2-3,6-11H2,1H3,(H,25,31). The molecule has 3 fully saturated rings. The molecule has 1 N–H and O–H groups in total. The molecule has 7 nitrogen and oxygen atoms in total. The van der Waals surface area contributed by atoms with Crippen LogP contribution in [-0.4, -0.2) is 61.1 Å². The molecule has 0 bridgehead atoms. The number of pyridine rings is 1. The zero-order valence-corrected chi connectivity index (χ0v) is 18.4. The molecule has 2 saturated heterocycles. The maximum atomic E-state index is 13.3. The van der Waals surface area contributed by atoms with E-state index in [1.807, 2.05) is 11.1 Å². The highest BCUT2D eigenvalue weighted by molar-refractivity contribution is 6.31. The van der Waals surface area contributed by atoms with E-state index in [0.717, 1.165) is 18.9 Å². The van der Waals surface area contributed by atoms with Crippen molar-refractivity contribution >= 4 is 35.0 Å². The van der Waals surface area contributed by atoms with Gasteiger partial charge in [-0.15, -0.1) is 0 Å². The number of piperazine rings is 1. The molecule has 3 aliphatic rings. The molecule has 162 valence electrons. The lowest BCUT2D eigenvalue weighted by Gasteiger charge is -2.36. The number of hydrogen-bond donors (Lipinski definition) is 1. The Morgan fingerprint density at radius 1 is 1.13 bits per heavy atom. The number of anilines is 2. The highest BCUT2D eigenvalue weighted by atomic mass is 35.5. The van der Waals surface area contributed by atoms with Crippen LogP contribution in [0.1, 0.15) is 40.2 Å². The Morgan fingerprint density at radius 2 is 1.90 bits per heavy atom. The van der Waals surface area contributed by atoms with E-state index >= 15 is 0 Å². The summed E-state index contributed by atoms with van der Waals surface area (Å²) in [5.41, 5.74) is 3.63. The van der Waals surface area contributed by atoms with Crippen molar-refractivity contribution in [1.29, 1.82) is 0 Å². The molecule has 1 saturated carbocycles. The van der Waals surface area contributed by atoms with E-state index < -0.39 is 0 Å². The van der Waals surface area contributed by atoms with E-state index in [-0.39, 0.29) is 11.9 Å². The third-order valence-electron chi connectivity index (χ3n) is 6.32. The highest BCUT2D eigenvalue weighted by Crippen LogP contribution is 2.40. The summed E-state index contributed by atoms with van der Waals surface area (Å²) in [5, 5.41) is 3.29. The van der Waals surface area contributed by atoms with Gasteiger partial charge in [-0.05, 0) is 55.0 Å². The molecule has 3 heterocycles. The third-order valence-corrected chi connectivity index (χ3v) is 6.56. The summed E-state index contributed by atoms with van der Waals surface area (Å²) in [5.74, 6) is 1.64. The van der Waals surface area contributed by atoms with Crippen molar-refractivity contribution in [1.82, 2.24) is 15.2 Å². The lowest BCUT2D eigenvalue weighted by molar-refractivity contribution is 0.0747. The Bertz CT molecular complexity index is 1030. The molecule has 1 aromatic carbocycles. The second-order valence-corrected chi connectivity index (χ2v) is 8.94. The zero-order chi connectivity index (χ0) is 21.5. The van der Waals surface area contributed by atoms with Crippen LogP contribution in [0, 0.1) is 6.92 Å². The van der Waals surface area contributed by atoms with Crippen molar-refractivity contribution in [3.8, 4) is 0 Å². The predicted molar refractivity (Wildman–Crippen MR) is 121 cm³/mol. The second-order valence-electron chi connectivity index (χ2n) is 8.51. The van der Waals surface area contributed by atoms with Gasteiger partial charge in [-0.3, -0.25) is 9.69 Å². The SMILES string of the molecule is Cc1cc(C2CC2)cnc1N1CCN(C(=O)c2ccc(Cl)cc2N2CCNC2=O)CC1. The van der Waals surface area contributed by atoms with Crippen LogP contribution in [-0.2, 0) is 0 Å². The number of carbonyl (C=O) groups is 2. The maximum Gasteiger partial charge on any atom is 0.322 e. The van der Waals surface area contributed by atoms with Crippen LogP contribution in [0.5, 0.6) is 0 Å². The zero-order valence-electron chi connectivity index (χ0n) is 17.6. The first kappa shape index (κ1) is 20.1. The van der Waals surface area contributed by atoms with Crippen molar-refractivity contribution < 1.29 is 9.59 Å².